The summed E-state index contributed by atoms with van der Waals surface area (Å²) in [6, 6.07) is 11.3. The number of hydrogen-bond donors (Lipinski definition) is 1. The Morgan fingerprint density at radius 2 is 1.90 bits per heavy atom. The summed E-state index contributed by atoms with van der Waals surface area (Å²) < 4.78 is 5.69. The van der Waals surface area contributed by atoms with E-state index in [1.54, 1.807) is 0 Å². The largest absolute Gasteiger partial charge is 0.467 e. The lowest BCUT2D eigenvalue weighted by atomic mass is 10.2. The molecule has 1 aromatic heterocycles. The fraction of sp³-hybridized carbons (Fsp3) is 0.444. The van der Waals surface area contributed by atoms with E-state index in [0.29, 0.717) is 6.04 Å². The molecule has 3 heteroatoms. The van der Waals surface area contributed by atoms with Gasteiger partial charge in [-0.05, 0) is 32.0 Å². The molecule has 0 saturated carbocycles. The normalized spacial score (nSPS) is 11.1. The minimum Gasteiger partial charge on any atom is -0.467 e. The van der Waals surface area contributed by atoms with Gasteiger partial charge < -0.3 is 14.6 Å². The molecule has 0 fully saturated rings. The molecule has 1 aromatic carbocycles. The molecule has 0 aliphatic carbocycles. The summed E-state index contributed by atoms with van der Waals surface area (Å²) in [4.78, 5) is 2.32. The van der Waals surface area contributed by atoms with Gasteiger partial charge in [0.2, 0.25) is 0 Å². The van der Waals surface area contributed by atoms with Crippen LogP contribution in [0.5, 0.6) is 0 Å². The third kappa shape index (κ3) is 4.64. The lowest BCUT2D eigenvalue weighted by Gasteiger charge is -2.22. The van der Waals surface area contributed by atoms with Crippen molar-refractivity contribution in [3.8, 4) is 0 Å². The van der Waals surface area contributed by atoms with E-state index in [1.807, 2.05) is 6.26 Å². The van der Waals surface area contributed by atoms with E-state index >= 15 is 0 Å². The first-order chi connectivity index (χ1) is 10.1. The fourth-order valence-electron chi connectivity index (χ4n) is 2.25. The van der Waals surface area contributed by atoms with Gasteiger partial charge in [0.25, 0.3) is 0 Å². The molecule has 0 spiro atoms. The molecule has 0 amide bonds. The Kier molecular flexibility index (Phi) is 5.45. The van der Waals surface area contributed by atoms with Crippen molar-refractivity contribution >= 4 is 5.69 Å². The first-order valence-corrected chi connectivity index (χ1v) is 7.69. The molecule has 0 aliphatic heterocycles. The summed E-state index contributed by atoms with van der Waals surface area (Å²) in [6.07, 6.45) is 1.85. The zero-order chi connectivity index (χ0) is 15.2. The summed E-state index contributed by atoms with van der Waals surface area (Å²) in [7, 11) is 0. The van der Waals surface area contributed by atoms with E-state index in [4.69, 9.17) is 4.42 Å². The average Bonchev–Trinajstić information content (AvgIpc) is 2.91. The number of benzene rings is 1. The van der Waals surface area contributed by atoms with Crippen molar-refractivity contribution in [1.82, 2.24) is 5.32 Å². The molecule has 2 aromatic rings. The van der Waals surface area contributed by atoms with Gasteiger partial charge >= 0.3 is 0 Å². The first-order valence-electron chi connectivity index (χ1n) is 7.69. The van der Waals surface area contributed by atoms with Crippen LogP contribution in [0.1, 0.15) is 37.7 Å². The minimum absolute atomic E-state index is 0.489. The van der Waals surface area contributed by atoms with Crippen LogP contribution in [0.3, 0.4) is 0 Å². The van der Waals surface area contributed by atoms with Gasteiger partial charge in [0.15, 0.2) is 0 Å². The molecule has 0 atom stereocenters. The van der Waals surface area contributed by atoms with E-state index < -0.39 is 0 Å². The van der Waals surface area contributed by atoms with Gasteiger partial charge in [0, 0.05) is 30.4 Å². The Labute approximate surface area is 128 Å². The highest BCUT2D eigenvalue weighted by molar-refractivity contribution is 5.47. The van der Waals surface area contributed by atoms with Gasteiger partial charge in [-0.1, -0.05) is 31.5 Å². The van der Waals surface area contributed by atoms with Crippen molar-refractivity contribution in [2.24, 2.45) is 0 Å². The fourth-order valence-corrected chi connectivity index (χ4v) is 2.25. The molecule has 0 aliphatic rings. The zero-order valence-corrected chi connectivity index (χ0v) is 13.5. The summed E-state index contributed by atoms with van der Waals surface area (Å²) in [5.74, 6) is 1.01. The van der Waals surface area contributed by atoms with Crippen molar-refractivity contribution in [1.29, 1.82) is 0 Å². The van der Waals surface area contributed by atoms with Crippen molar-refractivity contribution < 1.29 is 4.42 Å². The van der Waals surface area contributed by atoms with E-state index in [9.17, 15) is 0 Å². The Morgan fingerprint density at radius 3 is 2.52 bits per heavy atom. The van der Waals surface area contributed by atoms with Crippen molar-refractivity contribution in [2.75, 3.05) is 11.4 Å². The van der Waals surface area contributed by atoms with Gasteiger partial charge in [-0.2, -0.15) is 0 Å². The van der Waals surface area contributed by atoms with Crippen molar-refractivity contribution in [3.63, 3.8) is 0 Å². The highest BCUT2D eigenvalue weighted by Gasteiger charge is 2.09. The van der Waals surface area contributed by atoms with E-state index in [1.165, 1.54) is 16.8 Å². The molecular weight excluding hydrogens is 260 g/mol. The van der Waals surface area contributed by atoms with Crippen LogP contribution in [0.25, 0.3) is 0 Å². The van der Waals surface area contributed by atoms with Crippen LogP contribution in [-0.4, -0.2) is 12.6 Å². The number of aryl methyl sites for hydroxylation is 1. The van der Waals surface area contributed by atoms with Crippen LogP contribution in [0.2, 0.25) is 0 Å². The SMILES string of the molecule is CCN(Cc1cc(CNC(C)C)co1)c1ccc(C)cc1. The smallest absolute Gasteiger partial charge is 0.123 e. The van der Waals surface area contributed by atoms with Gasteiger partial charge in [0.1, 0.15) is 5.76 Å². The Morgan fingerprint density at radius 1 is 1.19 bits per heavy atom. The number of nitrogens with one attached hydrogen (secondary N) is 1. The highest BCUT2D eigenvalue weighted by atomic mass is 16.3. The molecule has 0 unspecified atom stereocenters. The van der Waals surface area contributed by atoms with E-state index in [-0.39, 0.29) is 0 Å². The minimum atomic E-state index is 0.489. The van der Waals surface area contributed by atoms with Gasteiger partial charge in [-0.15, -0.1) is 0 Å². The van der Waals surface area contributed by atoms with E-state index in [0.717, 1.165) is 25.4 Å². The number of furan rings is 1. The van der Waals surface area contributed by atoms with Crippen LogP contribution in [-0.2, 0) is 13.1 Å². The van der Waals surface area contributed by atoms with Crippen LogP contribution in [0, 0.1) is 6.92 Å². The second-order valence-electron chi connectivity index (χ2n) is 5.81. The molecule has 2 rings (SSSR count). The Balaban J connectivity index is 2.00. The second kappa shape index (κ2) is 7.32. The highest BCUT2D eigenvalue weighted by Crippen LogP contribution is 2.19. The molecule has 0 radical (unpaired) electrons. The van der Waals surface area contributed by atoms with Crippen molar-refractivity contribution in [2.45, 2.75) is 46.8 Å². The molecule has 1 N–H and O–H groups in total. The topological polar surface area (TPSA) is 28.4 Å². The van der Waals surface area contributed by atoms with Gasteiger partial charge in [0.05, 0.1) is 12.8 Å². The molecule has 0 saturated heterocycles. The van der Waals surface area contributed by atoms with Crippen LogP contribution >= 0.6 is 0 Å². The Bertz CT molecular complexity index is 543. The monoisotopic (exact) mass is 286 g/mol. The maximum Gasteiger partial charge on any atom is 0.123 e. The predicted molar refractivity (Wildman–Crippen MR) is 88.6 cm³/mol. The Hall–Kier alpha value is -1.74. The summed E-state index contributed by atoms with van der Waals surface area (Å²) >= 11 is 0. The maximum atomic E-state index is 5.69. The van der Waals surface area contributed by atoms with Crippen molar-refractivity contribution in [3.05, 3.63) is 53.5 Å². The molecule has 1 heterocycles. The van der Waals surface area contributed by atoms with Gasteiger partial charge in [-0.3, -0.25) is 0 Å². The molecule has 21 heavy (non-hydrogen) atoms. The standard InChI is InChI=1S/C18H26N2O/c1-5-20(17-8-6-15(4)7-9-17)12-18-10-16(13-21-18)11-19-14(2)3/h6-10,13-14,19H,5,11-12H2,1-4H3. The zero-order valence-electron chi connectivity index (χ0n) is 13.5. The van der Waals surface area contributed by atoms with Gasteiger partial charge in [-0.25, -0.2) is 0 Å². The molecular formula is C18H26N2O. The number of nitrogens with zero attached hydrogens (tertiary/aromatic N) is 1. The average molecular weight is 286 g/mol. The molecule has 0 bridgehead atoms. The first kappa shape index (κ1) is 15.6. The maximum absolute atomic E-state index is 5.69. The summed E-state index contributed by atoms with van der Waals surface area (Å²) in [5, 5.41) is 3.41. The third-order valence-electron chi connectivity index (χ3n) is 3.55. The van der Waals surface area contributed by atoms with E-state index in [2.05, 4.69) is 68.2 Å². The summed E-state index contributed by atoms with van der Waals surface area (Å²) in [5.41, 5.74) is 3.73. The molecule has 3 nitrogen and oxygen atoms in total. The second-order valence-corrected chi connectivity index (χ2v) is 5.81. The quantitative estimate of drug-likeness (QED) is 0.830. The number of rotatable bonds is 7. The van der Waals surface area contributed by atoms with Crippen LogP contribution in [0.4, 0.5) is 5.69 Å². The number of hydrogen-bond acceptors (Lipinski definition) is 3. The summed E-state index contributed by atoms with van der Waals surface area (Å²) in [6.45, 7) is 11.2. The predicted octanol–water partition coefficient (Wildman–Crippen LogP) is 4.11. The lowest BCUT2D eigenvalue weighted by molar-refractivity contribution is 0.499. The number of anilines is 1. The van der Waals surface area contributed by atoms with Crippen LogP contribution in [0.15, 0.2) is 41.0 Å². The van der Waals surface area contributed by atoms with Crippen LogP contribution < -0.4 is 10.2 Å². The molecule has 114 valence electrons. The lowest BCUT2D eigenvalue weighted by Crippen LogP contribution is -2.22. The third-order valence-corrected chi connectivity index (χ3v) is 3.55.